The van der Waals surface area contributed by atoms with Crippen LogP contribution in [-0.4, -0.2) is 48.4 Å². The van der Waals surface area contributed by atoms with E-state index >= 15 is 0 Å². The Labute approximate surface area is 185 Å². The van der Waals surface area contributed by atoms with Crippen LogP contribution in [0.2, 0.25) is 0 Å². The third-order valence-electron chi connectivity index (χ3n) is 6.37. The second kappa shape index (κ2) is 8.15. The summed E-state index contributed by atoms with van der Waals surface area (Å²) < 4.78 is 18.6. The smallest absolute Gasteiger partial charge is 0.228 e. The number of H-pyrrole nitrogens is 1. The van der Waals surface area contributed by atoms with Crippen LogP contribution in [0.25, 0.3) is 16.5 Å². The summed E-state index contributed by atoms with van der Waals surface area (Å²) in [5.74, 6) is 0.105. The van der Waals surface area contributed by atoms with Crippen molar-refractivity contribution in [3.8, 4) is 5.75 Å². The number of halogens is 1. The number of benzene rings is 2. The van der Waals surface area contributed by atoms with Crippen LogP contribution in [0.1, 0.15) is 18.4 Å². The summed E-state index contributed by atoms with van der Waals surface area (Å²) in [4.78, 5) is 32.3. The number of carbonyl (C=O) groups is 2. The second-order valence-electron chi connectivity index (χ2n) is 8.26. The first-order chi connectivity index (χ1) is 15.5. The van der Waals surface area contributed by atoms with Crippen molar-refractivity contribution in [1.82, 2.24) is 9.88 Å². The first-order valence-electron chi connectivity index (χ1n) is 10.7. The standard InChI is InChI=1S/C25H24FN3O3/c1-32-20-5-3-19(4-6-20)29-15-17(12-24(29)30)25(31)28-10-8-16(9-11-28)22-14-27-23-13-18(26)2-7-21(22)23/h2-8,13-14,17,27H,9-12,15H2,1H3. The molecule has 1 aromatic heterocycles. The van der Waals surface area contributed by atoms with Gasteiger partial charge in [-0.2, -0.15) is 0 Å². The average Bonchev–Trinajstić information content (AvgIpc) is 3.42. The number of aromatic amines is 1. The average molecular weight is 433 g/mol. The topological polar surface area (TPSA) is 65.6 Å². The van der Waals surface area contributed by atoms with Crippen LogP contribution in [0, 0.1) is 11.7 Å². The minimum Gasteiger partial charge on any atom is -0.497 e. The zero-order valence-corrected chi connectivity index (χ0v) is 17.8. The molecule has 2 aromatic carbocycles. The van der Waals surface area contributed by atoms with Gasteiger partial charge in [-0.3, -0.25) is 9.59 Å². The Morgan fingerprint density at radius 1 is 1.19 bits per heavy atom. The van der Waals surface area contributed by atoms with Gasteiger partial charge in [0.25, 0.3) is 0 Å². The van der Waals surface area contributed by atoms with Gasteiger partial charge in [-0.05, 0) is 54.5 Å². The highest BCUT2D eigenvalue weighted by Gasteiger charge is 2.37. The summed E-state index contributed by atoms with van der Waals surface area (Å²) in [6, 6.07) is 12.0. The SMILES string of the molecule is COc1ccc(N2CC(C(=O)N3CC=C(c4c[nH]c5cc(F)ccc45)CC3)CC2=O)cc1. The summed E-state index contributed by atoms with van der Waals surface area (Å²) in [6.45, 7) is 1.51. The Morgan fingerprint density at radius 3 is 2.72 bits per heavy atom. The molecule has 6 nitrogen and oxygen atoms in total. The number of methoxy groups -OCH3 is 1. The molecule has 32 heavy (non-hydrogen) atoms. The molecule has 5 rings (SSSR count). The lowest BCUT2D eigenvalue weighted by Gasteiger charge is -2.28. The third kappa shape index (κ3) is 3.64. The summed E-state index contributed by atoms with van der Waals surface area (Å²) in [5.41, 5.74) is 3.74. The molecule has 1 N–H and O–H groups in total. The zero-order chi connectivity index (χ0) is 22.2. The normalized spacial score (nSPS) is 18.9. The Kier molecular flexibility index (Phi) is 5.17. The Balaban J connectivity index is 1.26. The highest BCUT2D eigenvalue weighted by atomic mass is 19.1. The number of carbonyl (C=O) groups excluding carboxylic acids is 2. The molecule has 1 fully saturated rings. The van der Waals surface area contributed by atoms with E-state index in [0.29, 0.717) is 19.6 Å². The molecule has 0 bridgehead atoms. The maximum absolute atomic E-state index is 13.5. The lowest BCUT2D eigenvalue weighted by Crippen LogP contribution is -2.39. The zero-order valence-electron chi connectivity index (χ0n) is 17.8. The van der Waals surface area contributed by atoms with Gasteiger partial charge < -0.3 is 19.5 Å². The van der Waals surface area contributed by atoms with Crippen molar-refractivity contribution < 1.29 is 18.7 Å². The van der Waals surface area contributed by atoms with Crippen LogP contribution >= 0.6 is 0 Å². The molecule has 1 unspecified atom stereocenters. The molecular weight excluding hydrogens is 409 g/mol. The van der Waals surface area contributed by atoms with E-state index in [9.17, 15) is 14.0 Å². The third-order valence-corrected chi connectivity index (χ3v) is 6.37. The minimum absolute atomic E-state index is 0.0191. The first kappa shape index (κ1) is 20.3. The van der Waals surface area contributed by atoms with E-state index in [4.69, 9.17) is 4.74 Å². The van der Waals surface area contributed by atoms with Crippen LogP contribution in [0.3, 0.4) is 0 Å². The van der Waals surface area contributed by atoms with E-state index in [1.807, 2.05) is 35.4 Å². The van der Waals surface area contributed by atoms with E-state index in [0.717, 1.165) is 39.9 Å². The van der Waals surface area contributed by atoms with Crippen LogP contribution in [0.4, 0.5) is 10.1 Å². The Morgan fingerprint density at radius 2 is 2.00 bits per heavy atom. The molecule has 3 heterocycles. The van der Waals surface area contributed by atoms with Crippen molar-refractivity contribution in [2.24, 2.45) is 5.92 Å². The van der Waals surface area contributed by atoms with Gasteiger partial charge in [0, 0.05) is 54.4 Å². The molecule has 164 valence electrons. The van der Waals surface area contributed by atoms with E-state index in [-0.39, 0.29) is 30.0 Å². The van der Waals surface area contributed by atoms with Crippen molar-refractivity contribution in [1.29, 1.82) is 0 Å². The van der Waals surface area contributed by atoms with Crippen molar-refractivity contribution >= 4 is 34.0 Å². The van der Waals surface area contributed by atoms with Crippen molar-refractivity contribution in [3.63, 3.8) is 0 Å². The van der Waals surface area contributed by atoms with Crippen LogP contribution < -0.4 is 9.64 Å². The molecule has 1 saturated heterocycles. The molecule has 0 radical (unpaired) electrons. The van der Waals surface area contributed by atoms with Crippen LogP contribution in [0.5, 0.6) is 5.75 Å². The van der Waals surface area contributed by atoms with Gasteiger partial charge in [-0.15, -0.1) is 0 Å². The number of fused-ring (bicyclic) bond motifs is 1. The molecule has 0 saturated carbocycles. The number of nitrogens with one attached hydrogen (secondary N) is 1. The molecule has 7 heteroatoms. The monoisotopic (exact) mass is 433 g/mol. The Hall–Kier alpha value is -3.61. The minimum atomic E-state index is -0.337. The lowest BCUT2D eigenvalue weighted by molar-refractivity contribution is -0.135. The molecule has 2 aliphatic rings. The predicted molar refractivity (Wildman–Crippen MR) is 121 cm³/mol. The summed E-state index contributed by atoms with van der Waals surface area (Å²) in [5, 5.41) is 0.981. The molecule has 2 amide bonds. The predicted octanol–water partition coefficient (Wildman–Crippen LogP) is 3.98. The fourth-order valence-corrected chi connectivity index (χ4v) is 4.62. The first-order valence-corrected chi connectivity index (χ1v) is 10.7. The highest BCUT2D eigenvalue weighted by Crippen LogP contribution is 2.32. The van der Waals surface area contributed by atoms with Crippen LogP contribution in [0.15, 0.2) is 54.7 Å². The fourth-order valence-electron chi connectivity index (χ4n) is 4.62. The van der Waals surface area contributed by atoms with Gasteiger partial charge in [0.05, 0.1) is 13.0 Å². The quantitative estimate of drug-likeness (QED) is 0.677. The van der Waals surface area contributed by atoms with Gasteiger partial charge in [-0.25, -0.2) is 4.39 Å². The molecule has 0 spiro atoms. The number of hydrogen-bond acceptors (Lipinski definition) is 3. The highest BCUT2D eigenvalue weighted by molar-refractivity contribution is 6.00. The van der Waals surface area contributed by atoms with Gasteiger partial charge in [-0.1, -0.05) is 6.08 Å². The fraction of sp³-hybridized carbons (Fsp3) is 0.280. The maximum atomic E-state index is 13.5. The van der Waals surface area contributed by atoms with Gasteiger partial charge in [0.15, 0.2) is 0 Å². The maximum Gasteiger partial charge on any atom is 0.228 e. The van der Waals surface area contributed by atoms with Gasteiger partial charge in [0.2, 0.25) is 11.8 Å². The molecule has 0 aliphatic carbocycles. The summed E-state index contributed by atoms with van der Waals surface area (Å²) in [6.07, 6.45) is 4.91. The number of nitrogens with zero attached hydrogens (tertiary/aromatic N) is 2. The van der Waals surface area contributed by atoms with Gasteiger partial charge in [0.1, 0.15) is 11.6 Å². The van der Waals surface area contributed by atoms with Gasteiger partial charge >= 0.3 is 0 Å². The molecule has 2 aliphatic heterocycles. The molecule has 1 atom stereocenters. The molecular formula is C25H24FN3O3. The number of hydrogen-bond donors (Lipinski definition) is 1. The second-order valence-corrected chi connectivity index (χ2v) is 8.26. The van der Waals surface area contributed by atoms with Crippen molar-refractivity contribution in [2.45, 2.75) is 12.8 Å². The number of aromatic nitrogens is 1. The number of anilines is 1. The van der Waals surface area contributed by atoms with Crippen LogP contribution in [-0.2, 0) is 9.59 Å². The summed E-state index contributed by atoms with van der Waals surface area (Å²) in [7, 11) is 1.60. The van der Waals surface area contributed by atoms with E-state index in [1.54, 1.807) is 18.1 Å². The number of ether oxygens (including phenoxy) is 1. The van der Waals surface area contributed by atoms with E-state index < -0.39 is 0 Å². The molecule has 3 aromatic rings. The van der Waals surface area contributed by atoms with Crippen molar-refractivity contribution in [3.05, 3.63) is 66.1 Å². The number of rotatable bonds is 4. The lowest BCUT2D eigenvalue weighted by atomic mass is 9.97. The van der Waals surface area contributed by atoms with E-state index in [2.05, 4.69) is 11.1 Å². The van der Waals surface area contributed by atoms with E-state index in [1.165, 1.54) is 12.1 Å². The number of amides is 2. The largest absolute Gasteiger partial charge is 0.497 e. The van der Waals surface area contributed by atoms with Crippen molar-refractivity contribution in [2.75, 3.05) is 31.6 Å². The summed E-state index contributed by atoms with van der Waals surface area (Å²) >= 11 is 0. The Bertz CT molecular complexity index is 1210.